The van der Waals surface area contributed by atoms with E-state index in [1.54, 1.807) is 7.11 Å². The Morgan fingerprint density at radius 2 is 1.71 bits per heavy atom. The molecule has 1 fully saturated rings. The Labute approximate surface area is 184 Å². The van der Waals surface area contributed by atoms with Gasteiger partial charge in [0.05, 0.1) is 20.3 Å². The third kappa shape index (κ3) is 4.46. The van der Waals surface area contributed by atoms with Gasteiger partial charge in [-0.2, -0.15) is 0 Å². The van der Waals surface area contributed by atoms with Gasteiger partial charge in [0.1, 0.15) is 5.75 Å². The molecular weight excluding hydrogens is 386 g/mol. The number of aromatic nitrogens is 1. The maximum absolute atomic E-state index is 10.3. The van der Waals surface area contributed by atoms with Crippen LogP contribution in [-0.4, -0.2) is 22.3 Å². The molecule has 0 atom stereocenters. The highest BCUT2D eigenvalue weighted by atomic mass is 16.5. The van der Waals surface area contributed by atoms with Crippen molar-refractivity contribution in [2.45, 2.75) is 71.0 Å². The highest BCUT2D eigenvalue weighted by Gasteiger charge is 2.19. The molecule has 1 aliphatic rings. The van der Waals surface area contributed by atoms with E-state index in [2.05, 4.69) is 12.1 Å². The summed E-state index contributed by atoms with van der Waals surface area (Å²) in [7, 11) is 1.67. The first-order valence-corrected chi connectivity index (χ1v) is 11.5. The van der Waals surface area contributed by atoms with Crippen LogP contribution in [0.1, 0.15) is 73.2 Å². The van der Waals surface area contributed by atoms with Crippen LogP contribution in [0.2, 0.25) is 0 Å². The largest absolute Gasteiger partial charge is 0.496 e. The molecule has 1 saturated carbocycles. The molecule has 0 bridgehead atoms. The number of aliphatic hydroxyl groups excluding tert-OH is 2. The number of methoxy groups -OCH3 is 1. The smallest absolute Gasteiger partial charge is 0.122 e. The van der Waals surface area contributed by atoms with E-state index in [0.717, 1.165) is 50.0 Å². The number of aryl methyl sites for hydroxylation is 1. The van der Waals surface area contributed by atoms with E-state index < -0.39 is 0 Å². The lowest BCUT2D eigenvalue weighted by atomic mass is 9.86. The first-order chi connectivity index (χ1) is 15.2. The van der Waals surface area contributed by atoms with Crippen molar-refractivity contribution in [1.82, 2.24) is 4.98 Å². The molecule has 2 aromatic carbocycles. The molecule has 1 aliphatic carbocycles. The molecule has 1 aromatic heterocycles. The normalized spacial score (nSPS) is 15.6. The quantitative estimate of drug-likeness (QED) is 0.530. The Morgan fingerprint density at radius 1 is 0.968 bits per heavy atom. The average Bonchev–Trinajstić information content (AvgIpc) is 2.77. The maximum Gasteiger partial charge on any atom is 0.122 e. The minimum Gasteiger partial charge on any atom is -0.496 e. The number of aliphatic hydroxyl groups is 2. The highest BCUT2D eigenvalue weighted by molar-refractivity contribution is 6.00. The SMILES string of the molecule is COc1cc2cc(CO)c(CO)c(-c3ccnc(C4CCCCCCC4)c3)c2cc1C. The number of hydrogen-bond acceptors (Lipinski definition) is 4. The Kier molecular flexibility index (Phi) is 6.89. The van der Waals surface area contributed by atoms with Crippen LogP contribution in [0.3, 0.4) is 0 Å². The van der Waals surface area contributed by atoms with E-state index in [1.807, 2.05) is 31.3 Å². The molecule has 4 nitrogen and oxygen atoms in total. The fraction of sp³-hybridized carbons (Fsp3) is 0.444. The number of ether oxygens (including phenoxy) is 1. The van der Waals surface area contributed by atoms with Crippen LogP contribution < -0.4 is 4.74 Å². The van der Waals surface area contributed by atoms with Crippen LogP contribution in [0.25, 0.3) is 21.9 Å². The number of pyridine rings is 1. The summed E-state index contributed by atoms with van der Waals surface area (Å²) in [5.74, 6) is 1.32. The fourth-order valence-corrected chi connectivity index (χ4v) is 5.09. The van der Waals surface area contributed by atoms with Gasteiger partial charge >= 0.3 is 0 Å². The second-order valence-electron chi connectivity index (χ2n) is 8.76. The van der Waals surface area contributed by atoms with Gasteiger partial charge in [-0.05, 0) is 88.7 Å². The van der Waals surface area contributed by atoms with Crippen molar-refractivity contribution in [3.05, 3.63) is 58.9 Å². The van der Waals surface area contributed by atoms with E-state index in [4.69, 9.17) is 9.72 Å². The summed E-state index contributed by atoms with van der Waals surface area (Å²) in [6, 6.07) is 10.3. The first-order valence-electron chi connectivity index (χ1n) is 11.5. The number of benzene rings is 2. The number of nitrogens with zero attached hydrogens (tertiary/aromatic N) is 1. The van der Waals surface area contributed by atoms with E-state index in [0.29, 0.717) is 5.92 Å². The van der Waals surface area contributed by atoms with Gasteiger partial charge in [-0.15, -0.1) is 0 Å². The minimum atomic E-state index is -0.118. The molecule has 0 saturated heterocycles. The molecule has 0 aliphatic heterocycles. The zero-order chi connectivity index (χ0) is 21.8. The molecule has 164 valence electrons. The van der Waals surface area contributed by atoms with Crippen molar-refractivity contribution in [1.29, 1.82) is 0 Å². The zero-order valence-electron chi connectivity index (χ0n) is 18.7. The predicted octanol–water partition coefficient (Wildman–Crippen LogP) is 6.03. The van der Waals surface area contributed by atoms with Crippen LogP contribution in [-0.2, 0) is 13.2 Å². The molecule has 0 unspecified atom stereocenters. The molecule has 0 spiro atoms. The van der Waals surface area contributed by atoms with E-state index >= 15 is 0 Å². The summed E-state index contributed by atoms with van der Waals surface area (Å²) in [5.41, 5.74) is 5.78. The summed E-state index contributed by atoms with van der Waals surface area (Å²) < 4.78 is 5.53. The molecule has 0 amide bonds. The van der Waals surface area contributed by atoms with Crippen molar-refractivity contribution in [2.24, 2.45) is 0 Å². The lowest BCUT2D eigenvalue weighted by Crippen LogP contribution is -2.05. The van der Waals surface area contributed by atoms with Crippen molar-refractivity contribution >= 4 is 10.8 Å². The highest BCUT2D eigenvalue weighted by Crippen LogP contribution is 2.39. The predicted molar refractivity (Wildman–Crippen MR) is 125 cm³/mol. The van der Waals surface area contributed by atoms with Crippen LogP contribution in [0.4, 0.5) is 0 Å². The van der Waals surface area contributed by atoms with E-state index in [-0.39, 0.29) is 13.2 Å². The molecule has 31 heavy (non-hydrogen) atoms. The van der Waals surface area contributed by atoms with Crippen LogP contribution in [0, 0.1) is 6.92 Å². The molecule has 1 heterocycles. The molecule has 3 aromatic rings. The van der Waals surface area contributed by atoms with Crippen LogP contribution >= 0.6 is 0 Å². The van der Waals surface area contributed by atoms with Gasteiger partial charge in [0.2, 0.25) is 0 Å². The minimum absolute atomic E-state index is 0.115. The van der Waals surface area contributed by atoms with Crippen molar-refractivity contribution in [2.75, 3.05) is 7.11 Å². The lowest BCUT2D eigenvalue weighted by molar-refractivity contribution is 0.260. The van der Waals surface area contributed by atoms with Gasteiger partial charge in [-0.25, -0.2) is 0 Å². The van der Waals surface area contributed by atoms with Crippen LogP contribution in [0.15, 0.2) is 36.5 Å². The topological polar surface area (TPSA) is 62.6 Å². The fourth-order valence-electron chi connectivity index (χ4n) is 5.09. The summed E-state index contributed by atoms with van der Waals surface area (Å²) in [6.07, 6.45) is 10.8. The Bertz CT molecular complexity index is 1050. The summed E-state index contributed by atoms with van der Waals surface area (Å²) in [4.78, 5) is 4.75. The third-order valence-electron chi connectivity index (χ3n) is 6.78. The molecule has 0 radical (unpaired) electrons. The summed E-state index contributed by atoms with van der Waals surface area (Å²) in [5, 5.41) is 22.3. The van der Waals surface area contributed by atoms with Gasteiger partial charge in [-0.3, -0.25) is 4.98 Å². The molecular formula is C27H33NO3. The zero-order valence-corrected chi connectivity index (χ0v) is 18.7. The number of rotatable bonds is 5. The monoisotopic (exact) mass is 419 g/mol. The van der Waals surface area contributed by atoms with Crippen molar-refractivity contribution < 1.29 is 14.9 Å². The van der Waals surface area contributed by atoms with Gasteiger partial charge in [0.25, 0.3) is 0 Å². The van der Waals surface area contributed by atoms with E-state index in [9.17, 15) is 10.2 Å². The third-order valence-corrected chi connectivity index (χ3v) is 6.78. The molecule has 4 heteroatoms. The van der Waals surface area contributed by atoms with Crippen molar-refractivity contribution in [3.8, 4) is 16.9 Å². The second-order valence-corrected chi connectivity index (χ2v) is 8.76. The van der Waals surface area contributed by atoms with E-state index in [1.165, 1.54) is 44.9 Å². The van der Waals surface area contributed by atoms with Gasteiger partial charge in [0, 0.05) is 17.8 Å². The first kappa shape index (κ1) is 21.8. The summed E-state index contributed by atoms with van der Waals surface area (Å²) in [6.45, 7) is 1.80. The number of fused-ring (bicyclic) bond motifs is 1. The molecule has 4 rings (SSSR count). The summed E-state index contributed by atoms with van der Waals surface area (Å²) >= 11 is 0. The van der Waals surface area contributed by atoms with Crippen LogP contribution in [0.5, 0.6) is 5.75 Å². The van der Waals surface area contributed by atoms with Crippen molar-refractivity contribution in [3.63, 3.8) is 0 Å². The second kappa shape index (κ2) is 9.80. The molecule has 2 N–H and O–H groups in total. The Balaban J connectivity index is 1.89. The number of hydrogen-bond donors (Lipinski definition) is 2. The lowest BCUT2D eigenvalue weighted by Gasteiger charge is -2.21. The van der Waals surface area contributed by atoms with Gasteiger partial charge in [-0.1, -0.05) is 32.1 Å². The maximum atomic E-state index is 10.3. The standard InChI is InChI=1S/C27H33NO3/c1-18-12-23-21(15-26(18)31-2)13-22(16-29)24(17-30)27(23)20-10-11-28-25(14-20)19-8-6-4-3-5-7-9-19/h10-15,19,29-30H,3-9,16-17H2,1-2H3. The average molecular weight is 420 g/mol. The Morgan fingerprint density at radius 3 is 2.39 bits per heavy atom. The van der Waals surface area contributed by atoms with Gasteiger partial charge < -0.3 is 14.9 Å². The van der Waals surface area contributed by atoms with Gasteiger partial charge in [0.15, 0.2) is 0 Å². The Hall–Kier alpha value is -2.43.